The molecule has 3 rings (SSSR count). The molecule has 1 heterocycles. The first-order chi connectivity index (χ1) is 10.6. The van der Waals surface area contributed by atoms with Crippen molar-refractivity contribution in [3.8, 4) is 0 Å². The molecule has 0 aliphatic carbocycles. The molecular formula is C17H14ClFN2O. The standard InChI is InChI=1S/C17H14ClFN2O/c18-13-9-11(5-7-14(13)19)10-20-17(22)16-8-6-12-3-1-2-4-15(12)21-16/h1-5,7-9,21H,6,10H2,(H,20,22). The number of amides is 1. The van der Waals surface area contributed by atoms with Crippen molar-refractivity contribution in [2.24, 2.45) is 0 Å². The molecule has 0 atom stereocenters. The minimum absolute atomic E-state index is 0.0516. The molecule has 0 fully saturated rings. The van der Waals surface area contributed by atoms with Crippen LogP contribution in [0.1, 0.15) is 11.1 Å². The Morgan fingerprint density at radius 2 is 2.09 bits per heavy atom. The lowest BCUT2D eigenvalue weighted by Crippen LogP contribution is -2.29. The molecule has 112 valence electrons. The first-order valence-corrected chi connectivity index (χ1v) is 7.28. The van der Waals surface area contributed by atoms with Crippen LogP contribution in [0, 0.1) is 5.82 Å². The van der Waals surface area contributed by atoms with Crippen LogP contribution in [0.2, 0.25) is 5.02 Å². The Balaban J connectivity index is 1.63. The maximum atomic E-state index is 13.1. The van der Waals surface area contributed by atoms with Crippen molar-refractivity contribution >= 4 is 23.2 Å². The summed E-state index contributed by atoms with van der Waals surface area (Å²) in [6.45, 7) is 0.291. The summed E-state index contributed by atoms with van der Waals surface area (Å²) in [6, 6.07) is 12.3. The van der Waals surface area contributed by atoms with Crippen LogP contribution in [-0.2, 0) is 17.8 Å². The third-order valence-electron chi connectivity index (χ3n) is 3.49. The maximum absolute atomic E-state index is 13.1. The molecule has 1 aliphatic rings. The largest absolute Gasteiger partial charge is 0.351 e. The Hall–Kier alpha value is -2.33. The minimum Gasteiger partial charge on any atom is -0.351 e. The number of carbonyl (C=O) groups excluding carboxylic acids is 1. The van der Waals surface area contributed by atoms with E-state index in [0.29, 0.717) is 18.7 Å². The molecule has 0 radical (unpaired) electrons. The van der Waals surface area contributed by atoms with E-state index in [0.717, 1.165) is 16.8 Å². The summed E-state index contributed by atoms with van der Waals surface area (Å²) in [5.74, 6) is -0.667. The van der Waals surface area contributed by atoms with E-state index in [-0.39, 0.29) is 10.9 Å². The number of para-hydroxylation sites is 1. The van der Waals surface area contributed by atoms with Crippen LogP contribution in [0.3, 0.4) is 0 Å². The highest BCUT2D eigenvalue weighted by molar-refractivity contribution is 6.30. The van der Waals surface area contributed by atoms with E-state index in [1.165, 1.54) is 12.1 Å². The second-order valence-electron chi connectivity index (χ2n) is 5.04. The second-order valence-corrected chi connectivity index (χ2v) is 5.44. The van der Waals surface area contributed by atoms with Gasteiger partial charge >= 0.3 is 0 Å². The monoisotopic (exact) mass is 316 g/mol. The third kappa shape index (κ3) is 3.12. The molecular weight excluding hydrogens is 303 g/mol. The zero-order valence-electron chi connectivity index (χ0n) is 11.7. The number of fused-ring (bicyclic) bond motifs is 1. The van der Waals surface area contributed by atoms with E-state index >= 15 is 0 Å². The number of hydrogen-bond acceptors (Lipinski definition) is 2. The van der Waals surface area contributed by atoms with E-state index in [4.69, 9.17) is 11.6 Å². The Kier molecular flexibility index (Phi) is 4.11. The third-order valence-corrected chi connectivity index (χ3v) is 3.78. The fourth-order valence-electron chi connectivity index (χ4n) is 2.31. The van der Waals surface area contributed by atoms with Crippen molar-refractivity contribution in [1.82, 2.24) is 5.32 Å². The van der Waals surface area contributed by atoms with Crippen molar-refractivity contribution in [3.05, 3.63) is 76.2 Å². The molecule has 1 aliphatic heterocycles. The topological polar surface area (TPSA) is 41.1 Å². The lowest BCUT2D eigenvalue weighted by atomic mass is 10.0. The number of anilines is 1. The van der Waals surface area contributed by atoms with Crippen molar-refractivity contribution in [2.45, 2.75) is 13.0 Å². The molecule has 0 saturated carbocycles. The van der Waals surface area contributed by atoms with Gasteiger partial charge in [-0.3, -0.25) is 4.79 Å². The molecule has 2 aromatic carbocycles. The maximum Gasteiger partial charge on any atom is 0.267 e. The summed E-state index contributed by atoms with van der Waals surface area (Å²) in [7, 11) is 0. The molecule has 22 heavy (non-hydrogen) atoms. The summed E-state index contributed by atoms with van der Waals surface area (Å²) in [5, 5.41) is 5.96. The molecule has 5 heteroatoms. The summed E-state index contributed by atoms with van der Waals surface area (Å²) in [5.41, 5.74) is 3.37. The van der Waals surface area contributed by atoms with Crippen LogP contribution in [0.15, 0.2) is 54.2 Å². The SMILES string of the molecule is O=C(NCc1ccc(F)c(Cl)c1)C1=CCc2ccccc2N1. The number of carbonyl (C=O) groups is 1. The molecule has 1 amide bonds. The second kappa shape index (κ2) is 6.20. The van der Waals surface area contributed by atoms with Gasteiger partial charge in [0.2, 0.25) is 0 Å². The normalized spacial score (nSPS) is 12.9. The van der Waals surface area contributed by atoms with Crippen LogP contribution in [0.5, 0.6) is 0 Å². The Labute approximate surface area is 132 Å². The molecule has 2 aromatic rings. The first-order valence-electron chi connectivity index (χ1n) is 6.91. The van der Waals surface area contributed by atoms with Gasteiger partial charge in [-0.25, -0.2) is 4.39 Å². The Morgan fingerprint density at radius 1 is 1.27 bits per heavy atom. The van der Waals surface area contributed by atoms with Gasteiger partial charge < -0.3 is 10.6 Å². The van der Waals surface area contributed by atoms with Gasteiger partial charge in [-0.2, -0.15) is 0 Å². The fraction of sp³-hybridized carbons (Fsp3) is 0.118. The zero-order chi connectivity index (χ0) is 15.5. The summed E-state index contributed by atoms with van der Waals surface area (Å²) in [6.07, 6.45) is 2.57. The number of halogens is 2. The smallest absolute Gasteiger partial charge is 0.267 e. The minimum atomic E-state index is -0.468. The molecule has 0 unspecified atom stereocenters. The first kappa shape index (κ1) is 14.6. The molecule has 3 nitrogen and oxygen atoms in total. The lowest BCUT2D eigenvalue weighted by molar-refractivity contribution is -0.117. The Morgan fingerprint density at radius 3 is 2.91 bits per heavy atom. The molecule has 0 spiro atoms. The van der Waals surface area contributed by atoms with Gasteiger partial charge in [0.1, 0.15) is 11.5 Å². The highest BCUT2D eigenvalue weighted by atomic mass is 35.5. The van der Waals surface area contributed by atoms with Crippen molar-refractivity contribution < 1.29 is 9.18 Å². The van der Waals surface area contributed by atoms with Gasteiger partial charge in [0.15, 0.2) is 0 Å². The molecule has 0 bridgehead atoms. The van der Waals surface area contributed by atoms with Gasteiger partial charge in [-0.1, -0.05) is 41.9 Å². The van der Waals surface area contributed by atoms with Gasteiger partial charge in [-0.15, -0.1) is 0 Å². The van der Waals surface area contributed by atoms with E-state index in [2.05, 4.69) is 10.6 Å². The fourth-order valence-corrected chi connectivity index (χ4v) is 2.51. The van der Waals surface area contributed by atoms with Gasteiger partial charge in [-0.05, 0) is 35.7 Å². The number of allylic oxidation sites excluding steroid dienone is 1. The van der Waals surface area contributed by atoms with Crippen LogP contribution in [0.4, 0.5) is 10.1 Å². The summed E-state index contributed by atoms with van der Waals surface area (Å²) in [4.78, 5) is 12.2. The van der Waals surface area contributed by atoms with Gasteiger partial charge in [0, 0.05) is 12.2 Å². The number of hydrogen-bond donors (Lipinski definition) is 2. The van der Waals surface area contributed by atoms with E-state index < -0.39 is 5.82 Å². The van der Waals surface area contributed by atoms with Crippen LogP contribution in [-0.4, -0.2) is 5.91 Å². The number of rotatable bonds is 3. The number of benzene rings is 2. The quantitative estimate of drug-likeness (QED) is 0.907. The van der Waals surface area contributed by atoms with Crippen molar-refractivity contribution in [1.29, 1.82) is 0 Å². The van der Waals surface area contributed by atoms with Crippen LogP contribution >= 0.6 is 11.6 Å². The predicted octanol–water partition coefficient (Wildman–Crippen LogP) is 3.65. The van der Waals surface area contributed by atoms with Crippen LogP contribution in [0.25, 0.3) is 0 Å². The lowest BCUT2D eigenvalue weighted by Gasteiger charge is -2.18. The average molecular weight is 317 g/mol. The van der Waals surface area contributed by atoms with Gasteiger partial charge in [0.05, 0.1) is 5.02 Å². The van der Waals surface area contributed by atoms with Crippen molar-refractivity contribution in [3.63, 3.8) is 0 Å². The van der Waals surface area contributed by atoms with E-state index in [9.17, 15) is 9.18 Å². The van der Waals surface area contributed by atoms with E-state index in [1.54, 1.807) is 6.07 Å². The van der Waals surface area contributed by atoms with Crippen LogP contribution < -0.4 is 10.6 Å². The Bertz CT molecular complexity index is 758. The average Bonchev–Trinajstić information content (AvgIpc) is 2.55. The molecule has 0 aromatic heterocycles. The van der Waals surface area contributed by atoms with E-state index in [1.807, 2.05) is 30.3 Å². The summed E-state index contributed by atoms with van der Waals surface area (Å²) < 4.78 is 13.1. The molecule has 2 N–H and O–H groups in total. The highest BCUT2D eigenvalue weighted by Gasteiger charge is 2.15. The van der Waals surface area contributed by atoms with Crippen molar-refractivity contribution in [2.75, 3.05) is 5.32 Å². The van der Waals surface area contributed by atoms with Gasteiger partial charge in [0.25, 0.3) is 5.91 Å². The highest BCUT2D eigenvalue weighted by Crippen LogP contribution is 2.23. The zero-order valence-corrected chi connectivity index (χ0v) is 12.5. The summed E-state index contributed by atoms with van der Waals surface area (Å²) >= 11 is 5.72. The molecule has 0 saturated heterocycles. The number of nitrogens with one attached hydrogen (secondary N) is 2. The predicted molar refractivity (Wildman–Crippen MR) is 85.1 cm³/mol.